The van der Waals surface area contributed by atoms with E-state index in [4.69, 9.17) is 32.7 Å². The highest BCUT2D eigenvalue weighted by Crippen LogP contribution is 2.39. The van der Waals surface area contributed by atoms with Crippen LogP contribution in [0.2, 0.25) is 10.0 Å². The van der Waals surface area contributed by atoms with Crippen molar-refractivity contribution in [2.45, 2.75) is 32.9 Å². The van der Waals surface area contributed by atoms with E-state index in [0.717, 1.165) is 17.0 Å². The zero-order valence-corrected chi connectivity index (χ0v) is 21.9. The van der Waals surface area contributed by atoms with Crippen LogP contribution in [0.5, 0.6) is 5.75 Å². The Morgan fingerprint density at radius 1 is 1.05 bits per heavy atom. The number of halogens is 2. The van der Waals surface area contributed by atoms with Crippen LogP contribution in [0, 0.1) is 0 Å². The molecule has 2 amide bonds. The van der Waals surface area contributed by atoms with Gasteiger partial charge >= 0.3 is 6.03 Å². The van der Waals surface area contributed by atoms with Crippen LogP contribution in [-0.2, 0) is 11.3 Å². The highest BCUT2D eigenvalue weighted by Gasteiger charge is 2.20. The summed E-state index contributed by atoms with van der Waals surface area (Å²) in [6, 6.07) is 12.2. The lowest BCUT2D eigenvalue weighted by molar-refractivity contribution is -0.0163. The second kappa shape index (κ2) is 10.0. The number of rotatable bonds is 4. The fraction of sp³-hybridized carbons (Fsp3) is 0.231. The number of fused-ring (bicyclic) bond motifs is 2. The predicted molar refractivity (Wildman–Crippen MR) is 145 cm³/mol. The molecule has 1 aliphatic rings. The molecule has 2 aromatic heterocycles. The Kier molecular flexibility index (Phi) is 6.76. The van der Waals surface area contributed by atoms with Gasteiger partial charge in [-0.05, 0) is 57.2 Å². The SMILES string of the molecule is CC(C)(C)NC(=O)Nc1nc2nc(Nc3ccc4c(c3)COCO4)ncc2cc1-c1c(Cl)cccc1Cl. The number of amides is 2. The molecule has 1 aliphatic heterocycles. The Morgan fingerprint density at radius 2 is 1.84 bits per heavy atom. The van der Waals surface area contributed by atoms with Crippen molar-refractivity contribution in [3.8, 4) is 16.9 Å². The number of carbonyl (C=O) groups excluding carboxylic acids is 1. The molecule has 9 nitrogen and oxygen atoms in total. The number of nitrogens with one attached hydrogen (secondary N) is 3. The van der Waals surface area contributed by atoms with Gasteiger partial charge in [0, 0.05) is 39.5 Å². The zero-order valence-electron chi connectivity index (χ0n) is 20.4. The van der Waals surface area contributed by atoms with Gasteiger partial charge in [-0.15, -0.1) is 0 Å². The lowest BCUT2D eigenvalue weighted by atomic mass is 10.0. The molecule has 0 saturated heterocycles. The molecular formula is C26H24Cl2N6O3. The molecule has 0 bridgehead atoms. The van der Waals surface area contributed by atoms with Crippen molar-refractivity contribution in [3.63, 3.8) is 0 Å². The van der Waals surface area contributed by atoms with E-state index >= 15 is 0 Å². The van der Waals surface area contributed by atoms with Gasteiger partial charge in [0.25, 0.3) is 0 Å². The van der Waals surface area contributed by atoms with E-state index in [1.807, 2.05) is 39.0 Å². The second-order valence-corrected chi connectivity index (χ2v) is 10.3. The third kappa shape index (κ3) is 5.69. The lowest BCUT2D eigenvalue weighted by Gasteiger charge is -2.21. The fourth-order valence-corrected chi connectivity index (χ4v) is 4.44. The summed E-state index contributed by atoms with van der Waals surface area (Å²) in [6.07, 6.45) is 1.65. The normalized spacial score (nSPS) is 13.0. The average molecular weight is 539 g/mol. The number of ether oxygens (including phenoxy) is 2. The van der Waals surface area contributed by atoms with E-state index in [0.29, 0.717) is 44.8 Å². The molecule has 0 spiro atoms. The summed E-state index contributed by atoms with van der Waals surface area (Å²) in [5, 5.41) is 10.4. The first-order valence-corrected chi connectivity index (χ1v) is 12.2. The van der Waals surface area contributed by atoms with Gasteiger partial charge in [0.2, 0.25) is 5.95 Å². The number of benzene rings is 2. The summed E-state index contributed by atoms with van der Waals surface area (Å²) in [5.74, 6) is 1.39. The number of carbonyl (C=O) groups is 1. The average Bonchev–Trinajstić information content (AvgIpc) is 2.83. The Labute approximate surface area is 223 Å². The van der Waals surface area contributed by atoms with Gasteiger partial charge in [-0.25, -0.2) is 14.8 Å². The number of nitrogens with zero attached hydrogens (tertiary/aromatic N) is 3. The standard InChI is InChI=1S/C26H24Cl2N6O3/c1-26(2,3)34-25(35)33-23-17(21-18(27)5-4-6-19(21)28)10-14-11-29-24(32-22(14)31-23)30-16-7-8-20-15(9-16)12-36-13-37-20/h4-11H,12-13H2,1-3H3,(H3,29,30,31,32,33,34,35). The smallest absolute Gasteiger partial charge is 0.320 e. The largest absolute Gasteiger partial charge is 0.467 e. The first-order chi connectivity index (χ1) is 17.7. The molecule has 0 radical (unpaired) electrons. The molecule has 0 atom stereocenters. The minimum atomic E-state index is -0.451. The Bertz CT molecular complexity index is 1490. The number of pyridine rings is 1. The van der Waals surface area contributed by atoms with Crippen molar-refractivity contribution in [2.75, 3.05) is 17.4 Å². The molecule has 0 saturated carbocycles. The fourth-order valence-electron chi connectivity index (χ4n) is 3.84. The maximum absolute atomic E-state index is 12.7. The highest BCUT2D eigenvalue weighted by molar-refractivity contribution is 6.39. The van der Waals surface area contributed by atoms with Crippen LogP contribution in [0.15, 0.2) is 48.7 Å². The van der Waals surface area contributed by atoms with Gasteiger partial charge in [0.15, 0.2) is 12.4 Å². The minimum Gasteiger partial charge on any atom is -0.467 e. The van der Waals surface area contributed by atoms with Gasteiger partial charge in [-0.1, -0.05) is 29.3 Å². The van der Waals surface area contributed by atoms with Crippen molar-refractivity contribution < 1.29 is 14.3 Å². The van der Waals surface area contributed by atoms with Gasteiger partial charge in [0.1, 0.15) is 11.6 Å². The molecule has 0 unspecified atom stereocenters. The number of aromatic nitrogens is 3. The number of anilines is 3. The van der Waals surface area contributed by atoms with Crippen LogP contribution in [0.3, 0.4) is 0 Å². The topological polar surface area (TPSA) is 110 Å². The molecule has 0 aliphatic carbocycles. The second-order valence-electron chi connectivity index (χ2n) is 9.47. The summed E-state index contributed by atoms with van der Waals surface area (Å²) in [4.78, 5) is 26.4. The van der Waals surface area contributed by atoms with Crippen LogP contribution in [0.1, 0.15) is 26.3 Å². The molecule has 190 valence electrons. The van der Waals surface area contributed by atoms with Crippen LogP contribution in [-0.4, -0.2) is 33.3 Å². The third-order valence-corrected chi connectivity index (χ3v) is 6.02. The first kappa shape index (κ1) is 25.0. The van der Waals surface area contributed by atoms with Gasteiger partial charge in [-0.3, -0.25) is 5.32 Å². The maximum atomic E-state index is 12.7. The summed E-state index contributed by atoms with van der Waals surface area (Å²) < 4.78 is 10.8. The van der Waals surface area contributed by atoms with E-state index in [1.54, 1.807) is 30.5 Å². The summed E-state index contributed by atoms with van der Waals surface area (Å²) in [7, 11) is 0. The van der Waals surface area contributed by atoms with Crippen molar-refractivity contribution in [3.05, 3.63) is 64.3 Å². The van der Waals surface area contributed by atoms with Gasteiger partial charge in [-0.2, -0.15) is 4.98 Å². The van der Waals surface area contributed by atoms with Crippen LogP contribution in [0.4, 0.5) is 22.2 Å². The summed E-state index contributed by atoms with van der Waals surface area (Å²) >= 11 is 13.0. The van der Waals surface area contributed by atoms with Crippen LogP contribution in [0.25, 0.3) is 22.2 Å². The van der Waals surface area contributed by atoms with E-state index < -0.39 is 11.6 Å². The molecular weight excluding hydrogens is 515 g/mol. The van der Waals surface area contributed by atoms with E-state index in [9.17, 15) is 4.79 Å². The molecule has 11 heteroatoms. The quantitative estimate of drug-likeness (QED) is 0.271. The molecule has 0 fully saturated rings. The highest BCUT2D eigenvalue weighted by atomic mass is 35.5. The Morgan fingerprint density at radius 3 is 2.59 bits per heavy atom. The lowest BCUT2D eigenvalue weighted by Crippen LogP contribution is -2.43. The molecule has 3 heterocycles. The van der Waals surface area contributed by atoms with Crippen molar-refractivity contribution in [1.29, 1.82) is 0 Å². The summed E-state index contributed by atoms with van der Waals surface area (Å²) in [5.41, 5.74) is 2.72. The third-order valence-electron chi connectivity index (χ3n) is 5.39. The number of hydrogen-bond donors (Lipinski definition) is 3. The minimum absolute atomic E-state index is 0.241. The molecule has 2 aromatic carbocycles. The Balaban J connectivity index is 1.54. The van der Waals surface area contributed by atoms with E-state index in [1.165, 1.54) is 0 Å². The molecule has 4 aromatic rings. The number of urea groups is 1. The van der Waals surface area contributed by atoms with Crippen molar-refractivity contribution >= 4 is 57.7 Å². The Hall–Kier alpha value is -3.66. The molecule has 37 heavy (non-hydrogen) atoms. The van der Waals surface area contributed by atoms with Crippen LogP contribution >= 0.6 is 23.2 Å². The maximum Gasteiger partial charge on any atom is 0.320 e. The predicted octanol–water partition coefficient (Wildman–Crippen LogP) is 6.53. The van der Waals surface area contributed by atoms with Crippen molar-refractivity contribution in [2.24, 2.45) is 0 Å². The number of hydrogen-bond acceptors (Lipinski definition) is 7. The monoisotopic (exact) mass is 538 g/mol. The van der Waals surface area contributed by atoms with E-state index in [2.05, 4.69) is 30.9 Å². The van der Waals surface area contributed by atoms with Gasteiger partial charge < -0.3 is 20.1 Å². The van der Waals surface area contributed by atoms with Gasteiger partial charge in [0.05, 0.1) is 16.7 Å². The molecule has 5 rings (SSSR count). The zero-order chi connectivity index (χ0) is 26.2. The van der Waals surface area contributed by atoms with Crippen molar-refractivity contribution in [1.82, 2.24) is 20.3 Å². The van der Waals surface area contributed by atoms with Crippen LogP contribution < -0.4 is 20.7 Å². The first-order valence-electron chi connectivity index (χ1n) is 11.5. The summed E-state index contributed by atoms with van der Waals surface area (Å²) in [6.45, 7) is 6.36. The molecule has 3 N–H and O–H groups in total. The van der Waals surface area contributed by atoms with E-state index in [-0.39, 0.29) is 12.6 Å².